The predicted molar refractivity (Wildman–Crippen MR) is 146 cm³/mol. The Morgan fingerprint density at radius 2 is 1.73 bits per heavy atom. The Morgan fingerprint density at radius 1 is 1.03 bits per heavy atom. The zero-order valence-corrected chi connectivity index (χ0v) is 22.2. The molecule has 1 aromatic heterocycles. The summed E-state index contributed by atoms with van der Waals surface area (Å²) in [4.78, 5) is 12.8. The summed E-state index contributed by atoms with van der Waals surface area (Å²) in [6.07, 6.45) is 2.68. The average Bonchev–Trinajstić information content (AvgIpc) is 3.46. The number of unbranched alkanes of at least 4 members (excludes halogenated alkanes) is 1. The average molecular weight is 518 g/mol. The van der Waals surface area contributed by atoms with E-state index in [4.69, 9.17) is 16.3 Å². The van der Waals surface area contributed by atoms with Crippen LogP contribution in [0, 0.1) is 0 Å². The maximum absolute atomic E-state index is 12.8. The quantitative estimate of drug-likeness (QED) is 0.238. The number of hydrogen-bond acceptors (Lipinski definition) is 5. The number of aromatic amines is 1. The summed E-state index contributed by atoms with van der Waals surface area (Å²) in [5.74, 6) is 1.11. The summed E-state index contributed by atoms with van der Waals surface area (Å²) in [5, 5.41) is 17.8. The number of halogens is 1. The van der Waals surface area contributed by atoms with Gasteiger partial charge in [-0.05, 0) is 77.6 Å². The minimum absolute atomic E-state index is 0.185. The van der Waals surface area contributed by atoms with Gasteiger partial charge in [-0.15, -0.1) is 5.10 Å². The lowest BCUT2D eigenvalue weighted by atomic mass is 9.83. The first-order valence-electron chi connectivity index (χ1n) is 12.5. The van der Waals surface area contributed by atoms with Crippen LogP contribution in [-0.2, 0) is 11.8 Å². The van der Waals surface area contributed by atoms with Gasteiger partial charge in [-0.25, -0.2) is 5.10 Å². The first-order valence-corrected chi connectivity index (χ1v) is 12.9. The molecule has 3 aromatic carbocycles. The van der Waals surface area contributed by atoms with E-state index < -0.39 is 0 Å². The SMILES string of the molecule is CCCCOc1ccc(Cl)cc1C(=O)NCCc1ccc(-c2ccc(C(C)(C)c3nnn[nH]3)cc2)cc1. The molecule has 4 rings (SSSR count). The zero-order valence-electron chi connectivity index (χ0n) is 21.4. The number of ether oxygens (including phenoxy) is 1. The van der Waals surface area contributed by atoms with Gasteiger partial charge in [0.1, 0.15) is 5.75 Å². The second-order valence-corrected chi connectivity index (χ2v) is 9.93. The fourth-order valence-corrected chi connectivity index (χ4v) is 4.22. The Morgan fingerprint density at radius 3 is 2.38 bits per heavy atom. The second kappa shape index (κ2) is 12.0. The molecule has 4 aromatic rings. The van der Waals surface area contributed by atoms with Gasteiger partial charge >= 0.3 is 0 Å². The Bertz CT molecular complexity index is 1300. The largest absolute Gasteiger partial charge is 0.493 e. The topological polar surface area (TPSA) is 92.8 Å². The summed E-state index contributed by atoms with van der Waals surface area (Å²) >= 11 is 6.13. The van der Waals surface area contributed by atoms with E-state index in [2.05, 4.69) is 95.2 Å². The first-order chi connectivity index (χ1) is 17.9. The Hall–Kier alpha value is -3.71. The molecule has 0 aliphatic carbocycles. The fourth-order valence-electron chi connectivity index (χ4n) is 4.05. The minimum atomic E-state index is -0.316. The summed E-state index contributed by atoms with van der Waals surface area (Å²) in [7, 11) is 0. The Balaban J connectivity index is 1.34. The third-order valence-electron chi connectivity index (χ3n) is 6.47. The number of benzene rings is 3. The number of amides is 1. The molecule has 0 saturated heterocycles. The molecule has 0 fully saturated rings. The van der Waals surface area contributed by atoms with Crippen LogP contribution in [0.2, 0.25) is 5.02 Å². The highest BCUT2D eigenvalue weighted by Crippen LogP contribution is 2.30. The lowest BCUT2D eigenvalue weighted by Crippen LogP contribution is -2.26. The number of tetrazole rings is 1. The first kappa shape index (κ1) is 26.4. The van der Waals surface area contributed by atoms with Crippen LogP contribution in [0.5, 0.6) is 5.75 Å². The molecule has 7 nitrogen and oxygen atoms in total. The number of aromatic nitrogens is 4. The molecule has 0 bridgehead atoms. The van der Waals surface area contributed by atoms with E-state index in [1.165, 1.54) is 0 Å². The van der Waals surface area contributed by atoms with E-state index in [-0.39, 0.29) is 11.3 Å². The van der Waals surface area contributed by atoms with Crippen molar-refractivity contribution < 1.29 is 9.53 Å². The van der Waals surface area contributed by atoms with Gasteiger partial charge < -0.3 is 10.1 Å². The van der Waals surface area contributed by atoms with Crippen molar-refractivity contribution in [2.45, 2.75) is 45.4 Å². The van der Waals surface area contributed by atoms with Gasteiger partial charge in [-0.3, -0.25) is 4.79 Å². The number of nitrogens with zero attached hydrogens (tertiary/aromatic N) is 3. The van der Waals surface area contributed by atoms with Crippen molar-refractivity contribution >= 4 is 17.5 Å². The summed E-state index contributed by atoms with van der Waals surface area (Å²) in [6.45, 7) is 7.36. The molecule has 0 aliphatic heterocycles. The highest BCUT2D eigenvalue weighted by molar-refractivity contribution is 6.31. The molecule has 8 heteroatoms. The molecule has 0 saturated carbocycles. The van der Waals surface area contributed by atoms with Crippen LogP contribution in [0.25, 0.3) is 11.1 Å². The van der Waals surface area contributed by atoms with Crippen LogP contribution < -0.4 is 10.1 Å². The minimum Gasteiger partial charge on any atom is -0.493 e. The Labute approximate surface area is 222 Å². The van der Waals surface area contributed by atoms with Crippen molar-refractivity contribution in [2.24, 2.45) is 0 Å². The summed E-state index contributed by atoms with van der Waals surface area (Å²) in [6, 6.07) is 22.0. The fraction of sp³-hybridized carbons (Fsp3) is 0.310. The number of nitrogens with one attached hydrogen (secondary N) is 2. The number of rotatable bonds is 11. The molecule has 0 atom stereocenters. The van der Waals surface area contributed by atoms with Crippen LogP contribution in [0.3, 0.4) is 0 Å². The van der Waals surface area contributed by atoms with Gasteiger partial charge in [0.05, 0.1) is 17.6 Å². The molecule has 0 unspecified atom stereocenters. The zero-order chi connectivity index (χ0) is 26.3. The standard InChI is InChI=1S/C29H32ClN5O2/c1-4-5-18-37-26-15-14-24(30)19-25(26)27(36)31-17-16-20-6-8-21(9-7-20)22-10-12-23(13-11-22)29(2,3)28-32-34-35-33-28/h6-15,19H,4-5,16-18H2,1-3H3,(H,31,36)(H,32,33,34,35). The third kappa shape index (κ3) is 6.54. The van der Waals surface area contributed by atoms with Crippen LogP contribution in [0.4, 0.5) is 0 Å². The second-order valence-electron chi connectivity index (χ2n) is 9.50. The lowest BCUT2D eigenvalue weighted by Gasteiger charge is -2.21. The number of H-pyrrole nitrogens is 1. The molecular formula is C29H32ClN5O2. The lowest BCUT2D eigenvalue weighted by molar-refractivity contribution is 0.0950. The van der Waals surface area contributed by atoms with E-state index >= 15 is 0 Å². The summed E-state index contributed by atoms with van der Waals surface area (Å²) < 4.78 is 5.79. The van der Waals surface area contributed by atoms with Crippen LogP contribution in [0.15, 0.2) is 66.7 Å². The molecule has 1 amide bonds. The van der Waals surface area contributed by atoms with Crippen molar-refractivity contribution in [3.8, 4) is 16.9 Å². The van der Waals surface area contributed by atoms with Crippen molar-refractivity contribution in [2.75, 3.05) is 13.2 Å². The van der Waals surface area contributed by atoms with Crippen molar-refractivity contribution in [3.05, 3.63) is 94.3 Å². The molecule has 2 N–H and O–H groups in total. The van der Waals surface area contributed by atoms with Gasteiger partial charge in [-0.1, -0.05) is 73.5 Å². The van der Waals surface area contributed by atoms with Crippen LogP contribution in [-0.4, -0.2) is 39.7 Å². The van der Waals surface area contributed by atoms with Gasteiger partial charge in [-0.2, -0.15) is 0 Å². The maximum Gasteiger partial charge on any atom is 0.255 e. The molecule has 37 heavy (non-hydrogen) atoms. The molecule has 0 radical (unpaired) electrons. The monoisotopic (exact) mass is 517 g/mol. The molecule has 1 heterocycles. The molecular weight excluding hydrogens is 486 g/mol. The molecule has 192 valence electrons. The highest BCUT2D eigenvalue weighted by Gasteiger charge is 2.26. The van der Waals surface area contributed by atoms with E-state index in [1.54, 1.807) is 18.2 Å². The van der Waals surface area contributed by atoms with Crippen LogP contribution in [0.1, 0.15) is 60.9 Å². The smallest absolute Gasteiger partial charge is 0.255 e. The highest BCUT2D eigenvalue weighted by atomic mass is 35.5. The summed E-state index contributed by atoms with van der Waals surface area (Å²) in [5.41, 5.74) is 4.68. The van der Waals surface area contributed by atoms with E-state index in [0.717, 1.165) is 47.3 Å². The number of carbonyl (C=O) groups excluding carboxylic acids is 1. The van der Waals surface area contributed by atoms with E-state index in [1.807, 2.05) is 0 Å². The van der Waals surface area contributed by atoms with E-state index in [0.29, 0.717) is 29.5 Å². The van der Waals surface area contributed by atoms with Gasteiger partial charge in [0.15, 0.2) is 5.82 Å². The predicted octanol–water partition coefficient (Wildman–Crippen LogP) is 6.00. The van der Waals surface area contributed by atoms with Crippen LogP contribution >= 0.6 is 11.6 Å². The van der Waals surface area contributed by atoms with Gasteiger partial charge in [0, 0.05) is 11.6 Å². The Kier molecular flexibility index (Phi) is 8.56. The molecule has 0 aliphatic rings. The van der Waals surface area contributed by atoms with E-state index in [9.17, 15) is 4.79 Å². The van der Waals surface area contributed by atoms with Gasteiger partial charge in [0.25, 0.3) is 5.91 Å². The third-order valence-corrected chi connectivity index (χ3v) is 6.71. The maximum atomic E-state index is 12.8. The van der Waals surface area contributed by atoms with Gasteiger partial charge in [0.2, 0.25) is 0 Å². The van der Waals surface area contributed by atoms with Crippen molar-refractivity contribution in [1.82, 2.24) is 25.9 Å². The normalized spacial score (nSPS) is 11.4. The van der Waals surface area contributed by atoms with Crippen molar-refractivity contribution in [3.63, 3.8) is 0 Å². The molecule has 0 spiro atoms. The number of carbonyl (C=O) groups is 1. The number of hydrogen-bond donors (Lipinski definition) is 2. The van der Waals surface area contributed by atoms with Crippen molar-refractivity contribution in [1.29, 1.82) is 0 Å².